The lowest BCUT2D eigenvalue weighted by Crippen LogP contribution is -2.41. The number of nitrogens with zero attached hydrogens (tertiary/aromatic N) is 2. The molecule has 1 saturated heterocycles. The van der Waals surface area contributed by atoms with Gasteiger partial charge in [0.2, 0.25) is 0 Å². The molecule has 1 aliphatic rings. The maximum absolute atomic E-state index is 4.30. The van der Waals surface area contributed by atoms with Gasteiger partial charge in [-0.25, -0.2) is 0 Å². The Hall–Kier alpha value is -1.55. The monoisotopic (exact) mass is 302 g/mol. The molecule has 0 saturated carbocycles. The fraction of sp³-hybridized carbons (Fsp3) is 0.611. The molecule has 0 amide bonds. The van der Waals surface area contributed by atoms with Crippen LogP contribution in [-0.2, 0) is 6.54 Å². The Morgan fingerprint density at radius 2 is 1.73 bits per heavy atom. The molecule has 2 rings (SSSR count). The molecule has 22 heavy (non-hydrogen) atoms. The number of rotatable bonds is 5. The number of likely N-dealkylation sites (tertiary alicyclic amines) is 1. The number of hydrogen-bond donors (Lipinski definition) is 2. The number of aryl methyl sites for hydroxylation is 1. The van der Waals surface area contributed by atoms with Gasteiger partial charge in [-0.05, 0) is 38.4 Å². The van der Waals surface area contributed by atoms with E-state index >= 15 is 0 Å². The van der Waals surface area contributed by atoms with Crippen LogP contribution < -0.4 is 10.6 Å². The first-order chi connectivity index (χ1) is 10.8. The number of hydrogen-bond acceptors (Lipinski definition) is 2. The van der Waals surface area contributed by atoms with Crippen molar-refractivity contribution in [3.63, 3.8) is 0 Å². The predicted molar refractivity (Wildman–Crippen MR) is 94.3 cm³/mol. The first-order valence-electron chi connectivity index (χ1n) is 8.50. The molecule has 1 aromatic carbocycles. The van der Waals surface area contributed by atoms with Crippen LogP contribution >= 0.6 is 0 Å². The van der Waals surface area contributed by atoms with Crippen LogP contribution in [0.5, 0.6) is 0 Å². The Balaban J connectivity index is 1.67. The molecular formula is C18H30N4. The first kappa shape index (κ1) is 16.8. The lowest BCUT2D eigenvalue weighted by atomic mass is 10.1. The zero-order valence-corrected chi connectivity index (χ0v) is 14.1. The minimum Gasteiger partial charge on any atom is -0.355 e. The van der Waals surface area contributed by atoms with Gasteiger partial charge in [0.05, 0.1) is 0 Å². The fourth-order valence-electron chi connectivity index (χ4n) is 2.80. The van der Waals surface area contributed by atoms with E-state index in [0.29, 0.717) is 0 Å². The van der Waals surface area contributed by atoms with Gasteiger partial charge in [0.1, 0.15) is 0 Å². The fourth-order valence-corrected chi connectivity index (χ4v) is 2.80. The highest BCUT2D eigenvalue weighted by Gasteiger charge is 2.08. The maximum atomic E-state index is 4.30. The smallest absolute Gasteiger partial charge is 0.191 e. The molecule has 1 heterocycles. The first-order valence-corrected chi connectivity index (χ1v) is 8.50. The molecular weight excluding hydrogens is 272 g/mol. The molecule has 1 fully saturated rings. The number of benzene rings is 1. The Morgan fingerprint density at radius 3 is 2.36 bits per heavy atom. The third-order valence-corrected chi connectivity index (χ3v) is 4.22. The molecule has 0 spiro atoms. The summed E-state index contributed by atoms with van der Waals surface area (Å²) in [6.45, 7) is 7.47. The van der Waals surface area contributed by atoms with Crippen LogP contribution in [-0.4, -0.2) is 44.1 Å². The summed E-state index contributed by atoms with van der Waals surface area (Å²) in [5, 5.41) is 6.79. The van der Waals surface area contributed by atoms with E-state index < -0.39 is 0 Å². The van der Waals surface area contributed by atoms with Crippen molar-refractivity contribution in [2.45, 2.75) is 39.2 Å². The lowest BCUT2D eigenvalue weighted by molar-refractivity contribution is 0.289. The van der Waals surface area contributed by atoms with Crippen LogP contribution in [0.15, 0.2) is 29.3 Å². The van der Waals surface area contributed by atoms with Gasteiger partial charge in [0.15, 0.2) is 5.96 Å². The second-order valence-corrected chi connectivity index (χ2v) is 6.09. The molecule has 0 unspecified atom stereocenters. The van der Waals surface area contributed by atoms with Gasteiger partial charge in [-0.1, -0.05) is 42.7 Å². The Bertz CT molecular complexity index is 445. The van der Waals surface area contributed by atoms with Crippen LogP contribution in [0.2, 0.25) is 0 Å². The third kappa shape index (κ3) is 6.06. The molecule has 1 aromatic rings. The standard InChI is InChI=1S/C18H30N4/c1-16-7-9-17(10-8-16)15-21-18(19-2)20-11-14-22-12-5-3-4-6-13-22/h7-10H,3-6,11-15H2,1-2H3,(H2,19,20,21). The van der Waals surface area contributed by atoms with E-state index in [1.54, 1.807) is 0 Å². The van der Waals surface area contributed by atoms with Crippen LogP contribution in [0.4, 0.5) is 0 Å². The topological polar surface area (TPSA) is 39.7 Å². The van der Waals surface area contributed by atoms with Crippen LogP contribution in [0.25, 0.3) is 0 Å². The van der Waals surface area contributed by atoms with E-state index in [2.05, 4.69) is 51.7 Å². The lowest BCUT2D eigenvalue weighted by Gasteiger charge is -2.20. The Labute approximate surface area is 135 Å². The molecule has 4 nitrogen and oxygen atoms in total. The molecule has 0 aliphatic carbocycles. The van der Waals surface area contributed by atoms with E-state index in [4.69, 9.17) is 0 Å². The van der Waals surface area contributed by atoms with Crippen LogP contribution in [0.3, 0.4) is 0 Å². The number of nitrogens with one attached hydrogen (secondary N) is 2. The molecule has 0 bridgehead atoms. The highest BCUT2D eigenvalue weighted by atomic mass is 15.2. The van der Waals surface area contributed by atoms with Gasteiger partial charge in [0.25, 0.3) is 0 Å². The third-order valence-electron chi connectivity index (χ3n) is 4.22. The maximum Gasteiger partial charge on any atom is 0.191 e. The van der Waals surface area contributed by atoms with Crippen molar-refractivity contribution in [1.29, 1.82) is 0 Å². The highest BCUT2D eigenvalue weighted by Crippen LogP contribution is 2.08. The highest BCUT2D eigenvalue weighted by molar-refractivity contribution is 5.79. The minimum absolute atomic E-state index is 0.809. The van der Waals surface area contributed by atoms with Crippen molar-refractivity contribution in [2.24, 2.45) is 4.99 Å². The van der Waals surface area contributed by atoms with Crippen LogP contribution in [0, 0.1) is 6.92 Å². The molecule has 0 radical (unpaired) electrons. The average molecular weight is 302 g/mol. The van der Waals surface area contributed by atoms with Crippen molar-refractivity contribution in [3.05, 3.63) is 35.4 Å². The van der Waals surface area contributed by atoms with E-state index in [9.17, 15) is 0 Å². The zero-order chi connectivity index (χ0) is 15.6. The van der Waals surface area contributed by atoms with Crippen molar-refractivity contribution in [1.82, 2.24) is 15.5 Å². The van der Waals surface area contributed by atoms with Gasteiger partial charge < -0.3 is 15.5 Å². The summed E-state index contributed by atoms with van der Waals surface area (Å²) in [5.74, 6) is 0.885. The second-order valence-electron chi connectivity index (χ2n) is 6.09. The predicted octanol–water partition coefficient (Wildman–Crippen LogP) is 2.54. The van der Waals surface area contributed by atoms with Gasteiger partial charge in [-0.3, -0.25) is 4.99 Å². The average Bonchev–Trinajstić information content (AvgIpc) is 2.81. The Kier molecular flexibility index (Phi) is 7.23. The van der Waals surface area contributed by atoms with E-state index in [-0.39, 0.29) is 0 Å². The van der Waals surface area contributed by atoms with E-state index in [1.807, 2.05) is 7.05 Å². The zero-order valence-electron chi connectivity index (χ0n) is 14.1. The van der Waals surface area contributed by atoms with Crippen molar-refractivity contribution in [2.75, 3.05) is 33.2 Å². The minimum atomic E-state index is 0.809. The van der Waals surface area contributed by atoms with Gasteiger partial charge in [0, 0.05) is 26.7 Å². The SMILES string of the molecule is CN=C(NCCN1CCCCCC1)NCc1ccc(C)cc1. The summed E-state index contributed by atoms with van der Waals surface area (Å²) >= 11 is 0. The van der Waals surface area contributed by atoms with Crippen LogP contribution in [0.1, 0.15) is 36.8 Å². The molecule has 0 atom stereocenters. The molecule has 4 heteroatoms. The summed E-state index contributed by atoms with van der Waals surface area (Å²) < 4.78 is 0. The summed E-state index contributed by atoms with van der Waals surface area (Å²) in [7, 11) is 1.83. The molecule has 0 aromatic heterocycles. The van der Waals surface area contributed by atoms with Gasteiger partial charge in [-0.15, -0.1) is 0 Å². The van der Waals surface area contributed by atoms with Crippen molar-refractivity contribution in [3.8, 4) is 0 Å². The summed E-state index contributed by atoms with van der Waals surface area (Å²) in [5.41, 5.74) is 2.57. The summed E-state index contributed by atoms with van der Waals surface area (Å²) in [6, 6.07) is 8.61. The second kappa shape index (κ2) is 9.46. The van der Waals surface area contributed by atoms with Crippen molar-refractivity contribution >= 4 is 5.96 Å². The van der Waals surface area contributed by atoms with Crippen molar-refractivity contribution < 1.29 is 0 Å². The Morgan fingerprint density at radius 1 is 1.05 bits per heavy atom. The quantitative estimate of drug-likeness (QED) is 0.648. The molecule has 2 N–H and O–H groups in total. The van der Waals surface area contributed by atoms with E-state index in [1.165, 1.54) is 49.9 Å². The van der Waals surface area contributed by atoms with Gasteiger partial charge >= 0.3 is 0 Å². The molecule has 1 aliphatic heterocycles. The largest absolute Gasteiger partial charge is 0.355 e. The number of guanidine groups is 1. The molecule has 122 valence electrons. The van der Waals surface area contributed by atoms with Gasteiger partial charge in [-0.2, -0.15) is 0 Å². The van der Waals surface area contributed by atoms with E-state index in [0.717, 1.165) is 25.6 Å². The normalized spacial score (nSPS) is 17.1. The number of aliphatic imine (C=N–C) groups is 1. The summed E-state index contributed by atoms with van der Waals surface area (Å²) in [6.07, 6.45) is 5.48. The summed E-state index contributed by atoms with van der Waals surface area (Å²) in [4.78, 5) is 6.86.